The molecule has 1 aromatic rings. The highest BCUT2D eigenvalue weighted by molar-refractivity contribution is 7.91. The molecule has 23 heavy (non-hydrogen) atoms. The summed E-state index contributed by atoms with van der Waals surface area (Å²) in [4.78, 5) is 0.332. The van der Waals surface area contributed by atoms with Crippen molar-refractivity contribution in [1.29, 1.82) is 0 Å². The van der Waals surface area contributed by atoms with Crippen LogP contribution in [-0.2, 0) is 9.84 Å². The molecule has 0 heterocycles. The quantitative estimate of drug-likeness (QED) is 0.479. The van der Waals surface area contributed by atoms with Crippen molar-refractivity contribution in [3.63, 3.8) is 0 Å². The van der Waals surface area contributed by atoms with E-state index >= 15 is 0 Å². The number of aryl methyl sites for hydroxylation is 1. The fraction of sp³-hybridized carbons (Fsp3) is 0.579. The average Bonchev–Trinajstić information content (AvgIpc) is 2.51. The van der Waals surface area contributed by atoms with Gasteiger partial charge in [0.05, 0.1) is 16.8 Å². The fourth-order valence-corrected chi connectivity index (χ4v) is 3.52. The molecule has 0 fully saturated rings. The van der Waals surface area contributed by atoms with Gasteiger partial charge in [0.1, 0.15) is 0 Å². The minimum atomic E-state index is -3.31. The lowest BCUT2D eigenvalue weighted by atomic mass is 10.1. The lowest BCUT2D eigenvalue weighted by molar-refractivity contribution is 0.208. The van der Waals surface area contributed by atoms with Gasteiger partial charge in [-0.1, -0.05) is 75.3 Å². The van der Waals surface area contributed by atoms with Crippen LogP contribution < -0.4 is 0 Å². The molecule has 1 N–H and O–H groups in total. The van der Waals surface area contributed by atoms with Gasteiger partial charge in [0, 0.05) is 0 Å². The number of hydrogen-bond acceptors (Lipinski definition) is 3. The summed E-state index contributed by atoms with van der Waals surface area (Å²) >= 11 is 0. The smallest absolute Gasteiger partial charge is 0.181 e. The predicted octanol–water partition coefficient (Wildman–Crippen LogP) is 4.44. The van der Waals surface area contributed by atoms with Crippen LogP contribution in [0.2, 0.25) is 0 Å². The predicted molar refractivity (Wildman–Crippen MR) is 96.4 cm³/mol. The van der Waals surface area contributed by atoms with E-state index in [1.807, 2.05) is 6.92 Å². The summed E-state index contributed by atoms with van der Waals surface area (Å²) in [6.45, 7) is 4.12. The van der Waals surface area contributed by atoms with E-state index in [9.17, 15) is 13.5 Å². The Hall–Kier alpha value is -1.13. The van der Waals surface area contributed by atoms with Crippen molar-refractivity contribution in [2.45, 2.75) is 69.8 Å². The molecule has 0 amide bonds. The second kappa shape index (κ2) is 10.6. The molecule has 130 valence electrons. The number of hydrogen-bond donors (Lipinski definition) is 1. The average molecular weight is 339 g/mol. The first-order chi connectivity index (χ1) is 11.0. The van der Waals surface area contributed by atoms with E-state index in [0.717, 1.165) is 18.4 Å². The van der Waals surface area contributed by atoms with Gasteiger partial charge in [0.25, 0.3) is 0 Å². The standard InChI is InChI=1S/C19H30O3S/c1-3-4-5-6-7-8-10-18(20)11-9-16-23(21,22)19-14-12-17(2)13-15-19/h9,11-15,18,20H,3-8,10,16H2,1-2H3/b11-9-. The Labute approximate surface area is 141 Å². The summed E-state index contributed by atoms with van der Waals surface area (Å²) in [7, 11) is -3.31. The Balaban J connectivity index is 2.32. The van der Waals surface area contributed by atoms with Crippen molar-refractivity contribution in [2.24, 2.45) is 0 Å². The zero-order chi connectivity index (χ0) is 17.1. The molecule has 0 radical (unpaired) electrons. The zero-order valence-electron chi connectivity index (χ0n) is 14.4. The SMILES string of the molecule is CCCCCCCCC(O)/C=C\CS(=O)(=O)c1ccc(C)cc1. The third-order valence-corrected chi connectivity index (χ3v) is 5.53. The van der Waals surface area contributed by atoms with Gasteiger partial charge in [-0.2, -0.15) is 0 Å². The van der Waals surface area contributed by atoms with Crippen LogP contribution in [0.4, 0.5) is 0 Å². The van der Waals surface area contributed by atoms with E-state index in [0.29, 0.717) is 11.3 Å². The summed E-state index contributed by atoms with van der Waals surface area (Å²) in [5, 5.41) is 9.87. The van der Waals surface area contributed by atoms with E-state index in [1.165, 1.54) is 25.7 Å². The van der Waals surface area contributed by atoms with E-state index in [-0.39, 0.29) is 5.75 Å². The van der Waals surface area contributed by atoms with Gasteiger partial charge in [-0.15, -0.1) is 0 Å². The minimum Gasteiger partial charge on any atom is -0.389 e. The number of aliphatic hydroxyl groups is 1. The number of unbranched alkanes of at least 4 members (excludes halogenated alkanes) is 5. The molecule has 1 atom stereocenters. The maximum Gasteiger partial charge on any atom is 0.181 e. The number of sulfone groups is 1. The highest BCUT2D eigenvalue weighted by Gasteiger charge is 2.12. The second-order valence-electron chi connectivity index (χ2n) is 6.15. The van der Waals surface area contributed by atoms with Crippen molar-refractivity contribution in [2.75, 3.05) is 5.75 Å². The van der Waals surface area contributed by atoms with Crippen LogP contribution in [0.1, 0.15) is 57.4 Å². The van der Waals surface area contributed by atoms with Crippen molar-refractivity contribution in [3.8, 4) is 0 Å². The Kier molecular flexibility index (Phi) is 9.19. The first kappa shape index (κ1) is 19.9. The fourth-order valence-electron chi connectivity index (χ4n) is 2.41. The van der Waals surface area contributed by atoms with E-state index in [4.69, 9.17) is 0 Å². The zero-order valence-corrected chi connectivity index (χ0v) is 15.2. The molecule has 4 heteroatoms. The number of aliphatic hydroxyl groups excluding tert-OH is 1. The Morgan fingerprint density at radius 2 is 1.65 bits per heavy atom. The highest BCUT2D eigenvalue weighted by Crippen LogP contribution is 2.13. The highest BCUT2D eigenvalue weighted by atomic mass is 32.2. The van der Waals surface area contributed by atoms with Gasteiger partial charge >= 0.3 is 0 Å². The third kappa shape index (κ3) is 8.33. The molecule has 1 rings (SSSR count). The molecule has 3 nitrogen and oxygen atoms in total. The minimum absolute atomic E-state index is 0.0659. The largest absolute Gasteiger partial charge is 0.389 e. The van der Waals surface area contributed by atoms with Crippen LogP contribution in [0.25, 0.3) is 0 Å². The third-order valence-electron chi connectivity index (χ3n) is 3.91. The molecule has 0 aliphatic heterocycles. The van der Waals surface area contributed by atoms with Gasteiger partial charge in [0.2, 0.25) is 0 Å². The molecule has 0 aromatic heterocycles. The summed E-state index contributed by atoms with van der Waals surface area (Å²) in [5.74, 6) is -0.0659. The number of rotatable bonds is 11. The molecule has 0 bridgehead atoms. The van der Waals surface area contributed by atoms with Crippen molar-refractivity contribution >= 4 is 9.84 Å². The summed E-state index contributed by atoms with van der Waals surface area (Å²) < 4.78 is 24.3. The lowest BCUT2D eigenvalue weighted by Gasteiger charge is -2.06. The first-order valence-electron chi connectivity index (χ1n) is 8.60. The van der Waals surface area contributed by atoms with Crippen molar-refractivity contribution in [1.82, 2.24) is 0 Å². The molecule has 1 unspecified atom stereocenters. The van der Waals surface area contributed by atoms with Gasteiger partial charge in [-0.25, -0.2) is 8.42 Å². The lowest BCUT2D eigenvalue weighted by Crippen LogP contribution is -2.07. The number of benzene rings is 1. The van der Waals surface area contributed by atoms with Crippen LogP contribution in [-0.4, -0.2) is 25.4 Å². The van der Waals surface area contributed by atoms with E-state index in [2.05, 4.69) is 6.92 Å². The Bertz CT molecular complexity index is 559. The van der Waals surface area contributed by atoms with Gasteiger partial charge in [-0.3, -0.25) is 0 Å². The Morgan fingerprint density at radius 3 is 2.30 bits per heavy atom. The first-order valence-corrected chi connectivity index (χ1v) is 10.2. The second-order valence-corrected chi connectivity index (χ2v) is 8.18. The van der Waals surface area contributed by atoms with Gasteiger partial charge in [0.15, 0.2) is 9.84 Å². The van der Waals surface area contributed by atoms with E-state index < -0.39 is 15.9 Å². The van der Waals surface area contributed by atoms with Crippen LogP contribution in [0.5, 0.6) is 0 Å². The molecule has 0 saturated heterocycles. The molecule has 0 spiro atoms. The summed E-state index contributed by atoms with van der Waals surface area (Å²) in [5.41, 5.74) is 1.04. The Morgan fingerprint density at radius 1 is 1.04 bits per heavy atom. The molecule has 0 aliphatic rings. The topological polar surface area (TPSA) is 54.4 Å². The van der Waals surface area contributed by atoms with Crippen LogP contribution >= 0.6 is 0 Å². The van der Waals surface area contributed by atoms with Gasteiger partial charge in [-0.05, 0) is 25.5 Å². The maximum atomic E-state index is 12.2. The van der Waals surface area contributed by atoms with Crippen molar-refractivity contribution in [3.05, 3.63) is 42.0 Å². The van der Waals surface area contributed by atoms with Crippen LogP contribution in [0.3, 0.4) is 0 Å². The monoisotopic (exact) mass is 338 g/mol. The van der Waals surface area contributed by atoms with E-state index in [1.54, 1.807) is 36.4 Å². The normalized spacial score (nSPS) is 13.5. The molecule has 0 aliphatic carbocycles. The van der Waals surface area contributed by atoms with Crippen molar-refractivity contribution < 1.29 is 13.5 Å². The maximum absolute atomic E-state index is 12.2. The van der Waals surface area contributed by atoms with Crippen LogP contribution in [0, 0.1) is 6.92 Å². The molecular formula is C19H30O3S. The van der Waals surface area contributed by atoms with Gasteiger partial charge < -0.3 is 5.11 Å². The summed E-state index contributed by atoms with van der Waals surface area (Å²) in [6.07, 6.45) is 10.4. The van der Waals surface area contributed by atoms with Crippen LogP contribution in [0.15, 0.2) is 41.3 Å². The molecular weight excluding hydrogens is 308 g/mol. The molecule has 1 aromatic carbocycles. The summed E-state index contributed by atoms with van der Waals surface area (Å²) in [6, 6.07) is 6.85. The molecule has 0 saturated carbocycles.